The van der Waals surface area contributed by atoms with Gasteiger partial charge in [0.2, 0.25) is 11.5 Å². The Bertz CT molecular complexity index is 818. The Morgan fingerprint density at radius 1 is 1.23 bits per heavy atom. The summed E-state index contributed by atoms with van der Waals surface area (Å²) < 4.78 is 48.2. The molecule has 1 aliphatic rings. The lowest BCUT2D eigenvalue weighted by atomic mass is 10.0. The first-order valence-electron chi connectivity index (χ1n) is 8.11. The fraction of sp³-hybridized carbons (Fsp3) is 0.625. The highest BCUT2D eigenvalue weighted by Crippen LogP contribution is 2.42. The molecule has 3 rings (SSSR count). The first kappa shape index (κ1) is 18.7. The topological polar surface area (TPSA) is 85.3 Å². The summed E-state index contributed by atoms with van der Waals surface area (Å²) in [5, 5.41) is 24.1. The van der Waals surface area contributed by atoms with E-state index >= 15 is 0 Å². The van der Waals surface area contributed by atoms with Gasteiger partial charge in [0.1, 0.15) is 6.61 Å². The molecule has 0 spiro atoms. The molecule has 0 aliphatic carbocycles. The van der Waals surface area contributed by atoms with E-state index in [0.717, 1.165) is 0 Å². The summed E-state index contributed by atoms with van der Waals surface area (Å²) in [4.78, 5) is 3.85. The molecule has 2 aromatic heterocycles. The maximum Gasteiger partial charge on any atom is 0.424 e. The van der Waals surface area contributed by atoms with Crippen molar-refractivity contribution in [3.05, 3.63) is 18.1 Å². The summed E-state index contributed by atoms with van der Waals surface area (Å²) in [6.45, 7) is 5.91. The number of halogens is 3. The van der Waals surface area contributed by atoms with Gasteiger partial charge in [-0.2, -0.15) is 13.2 Å². The minimum Gasteiger partial charge on any atom is -0.474 e. The second kappa shape index (κ2) is 5.71. The van der Waals surface area contributed by atoms with E-state index < -0.39 is 29.2 Å². The van der Waals surface area contributed by atoms with Crippen molar-refractivity contribution in [3.8, 4) is 17.3 Å². The average Bonchev–Trinajstić information content (AvgIpc) is 3.06. The zero-order valence-corrected chi connectivity index (χ0v) is 14.9. The van der Waals surface area contributed by atoms with E-state index in [1.165, 1.54) is 10.8 Å². The number of hydrogen-bond acceptors (Lipinski definition) is 5. The van der Waals surface area contributed by atoms with Crippen LogP contribution in [0.15, 0.2) is 12.3 Å². The van der Waals surface area contributed by atoms with Crippen molar-refractivity contribution in [2.75, 3.05) is 6.61 Å². The van der Waals surface area contributed by atoms with Crippen LogP contribution in [-0.2, 0) is 12.1 Å². The fourth-order valence-electron chi connectivity index (χ4n) is 2.88. The second-order valence-electron chi connectivity index (χ2n) is 7.41. The van der Waals surface area contributed by atoms with Gasteiger partial charge in [-0.25, -0.2) is 4.98 Å². The minimum absolute atomic E-state index is 0.0201. The van der Waals surface area contributed by atoms with Crippen LogP contribution in [0.3, 0.4) is 0 Å². The summed E-state index contributed by atoms with van der Waals surface area (Å²) >= 11 is 0. The van der Waals surface area contributed by atoms with E-state index in [9.17, 15) is 23.4 Å². The molecule has 0 amide bonds. The monoisotopic (exact) mass is 374 g/mol. The largest absolute Gasteiger partial charge is 0.474 e. The van der Waals surface area contributed by atoms with Crippen LogP contribution >= 0.6 is 0 Å². The summed E-state index contributed by atoms with van der Waals surface area (Å²) in [6.07, 6.45) is -3.56. The molecule has 3 heterocycles. The molecule has 2 N–H and O–H groups in total. The van der Waals surface area contributed by atoms with Crippen molar-refractivity contribution in [1.82, 2.24) is 19.3 Å². The minimum atomic E-state index is -4.85. The van der Waals surface area contributed by atoms with E-state index in [2.05, 4.69) is 10.1 Å². The van der Waals surface area contributed by atoms with Crippen LogP contribution in [-0.4, -0.2) is 47.9 Å². The molecule has 0 saturated heterocycles. The summed E-state index contributed by atoms with van der Waals surface area (Å²) in [5.41, 5.74) is -3.17. The van der Waals surface area contributed by atoms with E-state index in [1.807, 2.05) is 0 Å². The van der Waals surface area contributed by atoms with E-state index in [1.54, 1.807) is 31.5 Å². The first-order chi connectivity index (χ1) is 11.8. The number of aliphatic hydroxyl groups is 2. The highest BCUT2D eigenvalue weighted by molar-refractivity contribution is 5.58. The lowest BCUT2D eigenvalue weighted by Crippen LogP contribution is -2.42. The molecule has 0 radical (unpaired) electrons. The fourth-order valence-corrected chi connectivity index (χ4v) is 2.88. The summed E-state index contributed by atoms with van der Waals surface area (Å²) in [6, 6.07) is 1.18. The molecule has 10 heteroatoms. The van der Waals surface area contributed by atoms with Crippen LogP contribution in [0.5, 0.6) is 5.88 Å². The molecule has 2 atom stereocenters. The average molecular weight is 374 g/mol. The van der Waals surface area contributed by atoms with Crippen molar-refractivity contribution in [1.29, 1.82) is 0 Å². The number of ether oxygens (including phenoxy) is 1. The van der Waals surface area contributed by atoms with Crippen molar-refractivity contribution in [2.45, 2.75) is 57.7 Å². The second-order valence-corrected chi connectivity index (χ2v) is 7.41. The number of alkyl halides is 3. The van der Waals surface area contributed by atoms with Crippen LogP contribution < -0.4 is 4.74 Å². The Kier molecular flexibility index (Phi) is 4.11. The Labute approximate surface area is 148 Å². The number of imidazole rings is 1. The SMILES string of the molecule is C[C@H]1Cn2nc(OCC(C)(C)O)cc2-c2cnc(C(C)(O)C(F)(F)F)n21. The van der Waals surface area contributed by atoms with Crippen molar-refractivity contribution in [3.63, 3.8) is 0 Å². The van der Waals surface area contributed by atoms with Gasteiger partial charge in [-0.1, -0.05) is 0 Å². The third kappa shape index (κ3) is 3.07. The molecule has 2 aromatic rings. The molecule has 1 unspecified atom stereocenters. The van der Waals surface area contributed by atoms with E-state index in [4.69, 9.17) is 4.74 Å². The molecule has 0 bridgehead atoms. The van der Waals surface area contributed by atoms with Crippen LogP contribution in [0.1, 0.15) is 39.6 Å². The molecule has 0 aromatic carbocycles. The number of nitrogens with zero attached hydrogens (tertiary/aromatic N) is 4. The first-order valence-corrected chi connectivity index (χ1v) is 8.11. The zero-order chi connectivity index (χ0) is 19.5. The summed E-state index contributed by atoms with van der Waals surface area (Å²) in [7, 11) is 0. The molecule has 1 aliphatic heterocycles. The van der Waals surface area contributed by atoms with Gasteiger partial charge in [0.05, 0.1) is 35.8 Å². The smallest absolute Gasteiger partial charge is 0.424 e. The zero-order valence-electron chi connectivity index (χ0n) is 14.9. The van der Waals surface area contributed by atoms with Gasteiger partial charge in [-0.05, 0) is 27.7 Å². The Morgan fingerprint density at radius 2 is 1.88 bits per heavy atom. The molecular formula is C16H21F3N4O3. The van der Waals surface area contributed by atoms with E-state index in [-0.39, 0.29) is 12.5 Å². The van der Waals surface area contributed by atoms with Gasteiger partial charge in [-0.3, -0.25) is 4.68 Å². The maximum absolute atomic E-state index is 13.2. The van der Waals surface area contributed by atoms with Crippen LogP contribution in [0.25, 0.3) is 11.4 Å². The highest BCUT2D eigenvalue weighted by atomic mass is 19.4. The van der Waals surface area contributed by atoms with E-state index in [0.29, 0.717) is 24.9 Å². The predicted octanol–water partition coefficient (Wildman–Crippen LogP) is 2.24. The van der Waals surface area contributed by atoms with Gasteiger partial charge in [-0.15, -0.1) is 5.10 Å². The third-order valence-electron chi connectivity index (χ3n) is 4.26. The van der Waals surface area contributed by atoms with Gasteiger partial charge in [0, 0.05) is 6.07 Å². The quantitative estimate of drug-likeness (QED) is 0.857. The lowest BCUT2D eigenvalue weighted by Gasteiger charge is -2.31. The van der Waals surface area contributed by atoms with Crippen molar-refractivity contribution in [2.24, 2.45) is 0 Å². The third-order valence-corrected chi connectivity index (χ3v) is 4.26. The van der Waals surface area contributed by atoms with Crippen LogP contribution in [0.4, 0.5) is 13.2 Å². The summed E-state index contributed by atoms with van der Waals surface area (Å²) in [5.74, 6) is -0.202. The molecule has 7 nitrogen and oxygen atoms in total. The lowest BCUT2D eigenvalue weighted by molar-refractivity contribution is -0.262. The number of aromatic nitrogens is 4. The standard InChI is InChI=1S/C16H21F3N4O3/c1-9-7-22-10(5-12(21-22)26-8-14(2,3)24)11-6-20-13(23(9)11)15(4,25)16(17,18)19/h5-6,9,24-25H,7-8H2,1-4H3/t9-,15?/m0/s1. The Balaban J connectivity index is 2.01. The molecule has 0 saturated carbocycles. The molecular weight excluding hydrogens is 353 g/mol. The Morgan fingerprint density at radius 3 is 2.46 bits per heavy atom. The number of fused-ring (bicyclic) bond motifs is 3. The van der Waals surface area contributed by atoms with Crippen molar-refractivity contribution >= 4 is 0 Å². The predicted molar refractivity (Wildman–Crippen MR) is 85.6 cm³/mol. The van der Waals surface area contributed by atoms with Gasteiger partial charge < -0.3 is 19.5 Å². The van der Waals surface area contributed by atoms with Crippen LogP contribution in [0.2, 0.25) is 0 Å². The number of rotatable bonds is 4. The molecule has 26 heavy (non-hydrogen) atoms. The Hall–Kier alpha value is -2.07. The van der Waals surface area contributed by atoms with Gasteiger partial charge in [0.15, 0.2) is 5.82 Å². The molecule has 0 fully saturated rings. The number of hydrogen-bond donors (Lipinski definition) is 2. The normalized spacial score (nSPS) is 19.7. The maximum atomic E-state index is 13.2. The molecule has 144 valence electrons. The highest BCUT2D eigenvalue weighted by Gasteiger charge is 2.55. The van der Waals surface area contributed by atoms with Gasteiger partial charge >= 0.3 is 6.18 Å². The van der Waals surface area contributed by atoms with Gasteiger partial charge in [0.25, 0.3) is 0 Å². The van der Waals surface area contributed by atoms with Crippen molar-refractivity contribution < 1.29 is 28.1 Å². The van der Waals surface area contributed by atoms with Crippen LogP contribution in [0, 0.1) is 0 Å².